The molecule has 2 amide bonds. The van der Waals surface area contributed by atoms with Gasteiger partial charge in [0.1, 0.15) is 6.04 Å². The first-order valence-corrected chi connectivity index (χ1v) is 4.32. The van der Waals surface area contributed by atoms with Gasteiger partial charge in [-0.1, -0.05) is 0 Å². The van der Waals surface area contributed by atoms with E-state index in [1.54, 1.807) is 19.2 Å². The molecule has 15 heavy (non-hydrogen) atoms. The summed E-state index contributed by atoms with van der Waals surface area (Å²) in [4.78, 5) is 21.6. The molecule has 0 aromatic carbocycles. The molecule has 0 radical (unpaired) electrons. The number of carbonyl (C=O) groups is 2. The quantitative estimate of drug-likeness (QED) is 0.739. The Hall–Kier alpha value is -1.27. The zero-order valence-corrected chi connectivity index (χ0v) is 8.61. The first-order chi connectivity index (χ1) is 6.64. The lowest BCUT2D eigenvalue weighted by atomic mass is 10.3. The first-order valence-electron chi connectivity index (χ1n) is 4.32. The fourth-order valence-corrected chi connectivity index (χ4v) is 0.754. The van der Waals surface area contributed by atoms with Crippen molar-refractivity contribution in [1.29, 1.82) is 0 Å². The van der Waals surface area contributed by atoms with E-state index in [0.29, 0.717) is 0 Å². The van der Waals surface area contributed by atoms with Gasteiger partial charge in [-0.05, 0) is 20.8 Å². The van der Waals surface area contributed by atoms with Crippen LogP contribution in [0.15, 0.2) is 0 Å². The summed E-state index contributed by atoms with van der Waals surface area (Å²) in [7, 11) is 0. The molecule has 0 aliphatic rings. The average molecular weight is 226 g/mol. The van der Waals surface area contributed by atoms with Gasteiger partial charge in [-0.3, -0.25) is 9.59 Å². The fourth-order valence-electron chi connectivity index (χ4n) is 0.754. The molecule has 0 aliphatic heterocycles. The molecule has 0 spiro atoms. The van der Waals surface area contributed by atoms with Gasteiger partial charge < -0.3 is 10.6 Å². The SMILES string of the molecule is CC(C)NC(=O)C(C)NC(=O)C(F)(F)F. The lowest BCUT2D eigenvalue weighted by molar-refractivity contribution is -0.174. The second kappa shape index (κ2) is 4.99. The maximum Gasteiger partial charge on any atom is 0.471 e. The Balaban J connectivity index is 4.20. The number of carbonyl (C=O) groups excluding carboxylic acids is 2. The van der Waals surface area contributed by atoms with Crippen LogP contribution in [0.5, 0.6) is 0 Å². The Morgan fingerprint density at radius 1 is 1.07 bits per heavy atom. The van der Waals surface area contributed by atoms with E-state index in [2.05, 4.69) is 5.32 Å². The summed E-state index contributed by atoms with van der Waals surface area (Å²) in [5.74, 6) is -2.77. The van der Waals surface area contributed by atoms with Gasteiger partial charge in [0.05, 0.1) is 0 Å². The molecule has 4 nitrogen and oxygen atoms in total. The Bertz CT molecular complexity index is 251. The molecular weight excluding hydrogens is 213 g/mol. The minimum atomic E-state index is -4.97. The molecule has 0 rings (SSSR count). The molecule has 0 aliphatic carbocycles. The third-order valence-electron chi connectivity index (χ3n) is 1.43. The smallest absolute Gasteiger partial charge is 0.352 e. The molecule has 0 fully saturated rings. The van der Waals surface area contributed by atoms with Crippen LogP contribution in [0.3, 0.4) is 0 Å². The topological polar surface area (TPSA) is 58.2 Å². The van der Waals surface area contributed by atoms with E-state index in [4.69, 9.17) is 0 Å². The Morgan fingerprint density at radius 2 is 1.53 bits per heavy atom. The van der Waals surface area contributed by atoms with Gasteiger partial charge in [0, 0.05) is 6.04 Å². The number of hydrogen-bond acceptors (Lipinski definition) is 2. The number of alkyl halides is 3. The van der Waals surface area contributed by atoms with Gasteiger partial charge in [-0.15, -0.1) is 0 Å². The molecule has 0 heterocycles. The molecule has 0 aromatic rings. The summed E-state index contributed by atoms with van der Waals surface area (Å²) >= 11 is 0. The molecule has 0 aromatic heterocycles. The number of rotatable bonds is 3. The van der Waals surface area contributed by atoms with Gasteiger partial charge in [0.2, 0.25) is 5.91 Å². The highest BCUT2D eigenvalue weighted by Gasteiger charge is 2.39. The molecule has 7 heteroatoms. The Kier molecular flexibility index (Phi) is 4.57. The predicted molar refractivity (Wildman–Crippen MR) is 46.9 cm³/mol. The van der Waals surface area contributed by atoms with E-state index in [1.807, 2.05) is 0 Å². The molecule has 1 atom stereocenters. The third kappa shape index (κ3) is 5.24. The molecular formula is C8H13F3N2O2. The molecule has 0 bridgehead atoms. The normalized spacial score (nSPS) is 13.5. The van der Waals surface area contributed by atoms with Crippen LogP contribution in [0.25, 0.3) is 0 Å². The van der Waals surface area contributed by atoms with Crippen molar-refractivity contribution in [1.82, 2.24) is 10.6 Å². The number of halogens is 3. The summed E-state index contributed by atoms with van der Waals surface area (Å²) in [6.45, 7) is 4.51. The third-order valence-corrected chi connectivity index (χ3v) is 1.43. The maximum absolute atomic E-state index is 11.8. The van der Waals surface area contributed by atoms with E-state index in [0.717, 1.165) is 0 Å². The van der Waals surface area contributed by atoms with Crippen molar-refractivity contribution in [3.8, 4) is 0 Å². The lowest BCUT2D eigenvalue weighted by Crippen LogP contribution is -2.50. The predicted octanol–water partition coefficient (Wildman–Crippen LogP) is 0.578. The molecule has 0 saturated carbocycles. The highest BCUT2D eigenvalue weighted by atomic mass is 19.4. The van der Waals surface area contributed by atoms with Crippen LogP contribution in [0.1, 0.15) is 20.8 Å². The summed E-state index contributed by atoms with van der Waals surface area (Å²) in [6.07, 6.45) is -4.97. The van der Waals surface area contributed by atoms with Crippen LogP contribution < -0.4 is 10.6 Å². The van der Waals surface area contributed by atoms with Gasteiger partial charge in [0.15, 0.2) is 0 Å². The lowest BCUT2D eigenvalue weighted by Gasteiger charge is -2.16. The van der Waals surface area contributed by atoms with Crippen LogP contribution in [-0.4, -0.2) is 30.1 Å². The highest BCUT2D eigenvalue weighted by molar-refractivity contribution is 5.89. The van der Waals surface area contributed by atoms with E-state index in [-0.39, 0.29) is 6.04 Å². The zero-order chi connectivity index (χ0) is 12.2. The summed E-state index contributed by atoms with van der Waals surface area (Å²) in [5.41, 5.74) is 0. The van der Waals surface area contributed by atoms with Gasteiger partial charge in [-0.2, -0.15) is 13.2 Å². The summed E-state index contributed by atoms with van der Waals surface area (Å²) in [6, 6.07) is -1.40. The van der Waals surface area contributed by atoms with Crippen LogP contribution in [0.4, 0.5) is 13.2 Å². The van der Waals surface area contributed by atoms with Crippen molar-refractivity contribution in [2.24, 2.45) is 0 Å². The largest absolute Gasteiger partial charge is 0.471 e. The molecule has 88 valence electrons. The van der Waals surface area contributed by atoms with E-state index in [9.17, 15) is 22.8 Å². The minimum Gasteiger partial charge on any atom is -0.352 e. The van der Waals surface area contributed by atoms with Crippen LogP contribution in [0, 0.1) is 0 Å². The number of hydrogen-bond donors (Lipinski definition) is 2. The summed E-state index contributed by atoms with van der Waals surface area (Å²) in [5, 5.41) is 3.93. The van der Waals surface area contributed by atoms with Crippen LogP contribution in [0.2, 0.25) is 0 Å². The van der Waals surface area contributed by atoms with Gasteiger partial charge in [-0.25, -0.2) is 0 Å². The van der Waals surface area contributed by atoms with Crippen molar-refractivity contribution < 1.29 is 22.8 Å². The Labute approximate surface area is 85.2 Å². The van der Waals surface area contributed by atoms with E-state index < -0.39 is 24.0 Å². The number of amides is 2. The van der Waals surface area contributed by atoms with E-state index in [1.165, 1.54) is 6.92 Å². The average Bonchev–Trinajstić information content (AvgIpc) is 2.00. The standard InChI is InChI=1S/C8H13F3N2O2/c1-4(2)12-6(14)5(3)13-7(15)8(9,10)11/h4-5H,1-3H3,(H,12,14)(H,13,15). The van der Waals surface area contributed by atoms with E-state index >= 15 is 0 Å². The highest BCUT2D eigenvalue weighted by Crippen LogP contribution is 2.14. The van der Waals surface area contributed by atoms with Crippen molar-refractivity contribution in [3.05, 3.63) is 0 Å². The van der Waals surface area contributed by atoms with Crippen molar-refractivity contribution in [2.75, 3.05) is 0 Å². The second-order valence-corrected chi connectivity index (χ2v) is 3.36. The summed E-state index contributed by atoms with van der Waals surface area (Å²) < 4.78 is 35.4. The fraction of sp³-hybridized carbons (Fsp3) is 0.750. The van der Waals surface area contributed by atoms with Crippen LogP contribution >= 0.6 is 0 Å². The Morgan fingerprint density at radius 3 is 1.87 bits per heavy atom. The van der Waals surface area contributed by atoms with Gasteiger partial charge in [0.25, 0.3) is 0 Å². The molecule has 0 saturated heterocycles. The van der Waals surface area contributed by atoms with Gasteiger partial charge >= 0.3 is 12.1 Å². The maximum atomic E-state index is 11.8. The second-order valence-electron chi connectivity index (χ2n) is 3.36. The van der Waals surface area contributed by atoms with Crippen LogP contribution in [-0.2, 0) is 9.59 Å². The van der Waals surface area contributed by atoms with Crippen molar-refractivity contribution in [2.45, 2.75) is 39.0 Å². The molecule has 1 unspecified atom stereocenters. The monoisotopic (exact) mass is 226 g/mol. The zero-order valence-electron chi connectivity index (χ0n) is 8.61. The van der Waals surface area contributed by atoms with Crippen molar-refractivity contribution >= 4 is 11.8 Å². The number of nitrogens with one attached hydrogen (secondary N) is 2. The first kappa shape index (κ1) is 13.7. The minimum absolute atomic E-state index is 0.192. The van der Waals surface area contributed by atoms with Crippen molar-refractivity contribution in [3.63, 3.8) is 0 Å². The molecule has 2 N–H and O–H groups in total.